The summed E-state index contributed by atoms with van der Waals surface area (Å²) in [6.45, 7) is 3.26. The molecule has 2 heterocycles. The maximum atomic E-state index is 11.7. The van der Waals surface area contributed by atoms with Gasteiger partial charge in [-0.1, -0.05) is 13.8 Å². The van der Waals surface area contributed by atoms with E-state index in [9.17, 15) is 19.8 Å². The number of carbonyl (C=O) groups excluding carboxylic acids is 2. The van der Waals surface area contributed by atoms with Gasteiger partial charge >= 0.3 is 5.97 Å². The lowest BCUT2D eigenvalue weighted by molar-refractivity contribution is -0.152. The molecule has 1 saturated heterocycles. The van der Waals surface area contributed by atoms with E-state index in [1.54, 1.807) is 13.8 Å². The zero-order valence-electron chi connectivity index (χ0n) is 13.3. The molecule has 11 heteroatoms. The molecule has 11 nitrogen and oxygen atoms in total. The van der Waals surface area contributed by atoms with E-state index in [0.717, 1.165) is 11.0 Å². The van der Waals surface area contributed by atoms with Crippen molar-refractivity contribution in [1.82, 2.24) is 14.8 Å². The Morgan fingerprint density at radius 3 is 2.62 bits per heavy atom. The summed E-state index contributed by atoms with van der Waals surface area (Å²) in [6, 6.07) is -0.794. The third-order valence-corrected chi connectivity index (χ3v) is 3.71. The molecule has 2 rings (SSSR count). The lowest BCUT2D eigenvalue weighted by Gasteiger charge is -2.18. The molecule has 0 aliphatic carbocycles. The average molecular weight is 343 g/mol. The van der Waals surface area contributed by atoms with Crippen LogP contribution in [0.5, 0.6) is 0 Å². The van der Waals surface area contributed by atoms with Crippen LogP contribution in [0.4, 0.5) is 0 Å². The zero-order valence-corrected chi connectivity index (χ0v) is 13.3. The first kappa shape index (κ1) is 18.3. The van der Waals surface area contributed by atoms with Crippen LogP contribution in [0.25, 0.3) is 0 Å². The van der Waals surface area contributed by atoms with Crippen LogP contribution in [0.2, 0.25) is 0 Å². The molecule has 0 saturated carbocycles. The summed E-state index contributed by atoms with van der Waals surface area (Å²) in [5.41, 5.74) is 10.7. The fraction of sp³-hybridized carbons (Fsp3) is 0.692. The number of aliphatic hydroxyl groups is 2. The second-order valence-electron chi connectivity index (χ2n) is 5.86. The first-order valence-electron chi connectivity index (χ1n) is 7.37. The topological polar surface area (TPSA) is 176 Å². The Morgan fingerprint density at radius 2 is 2.08 bits per heavy atom. The molecule has 0 radical (unpaired) electrons. The standard InChI is InChI=1S/C13H21N5O6/c1-5(2)7(14)13(22)23-3-6-8(19)9(20)12(24-6)18-4-16-11(17-18)10(15)21/h4-9,12,19-20H,3,14H2,1-2H3,(H2,15,21). The average Bonchev–Trinajstić information content (AvgIpc) is 3.11. The van der Waals surface area contributed by atoms with E-state index in [1.807, 2.05) is 0 Å². The van der Waals surface area contributed by atoms with Gasteiger partial charge in [-0.3, -0.25) is 9.59 Å². The largest absolute Gasteiger partial charge is 0.462 e. The van der Waals surface area contributed by atoms with Crippen LogP contribution in [0.3, 0.4) is 0 Å². The van der Waals surface area contributed by atoms with Gasteiger partial charge in [0.05, 0.1) is 0 Å². The number of amides is 1. The molecule has 1 aliphatic rings. The van der Waals surface area contributed by atoms with Gasteiger partial charge < -0.3 is 31.2 Å². The number of ether oxygens (including phenoxy) is 2. The Hall–Kier alpha value is -2.08. The molecule has 134 valence electrons. The highest BCUT2D eigenvalue weighted by Crippen LogP contribution is 2.29. The first-order valence-corrected chi connectivity index (χ1v) is 7.37. The van der Waals surface area contributed by atoms with Crippen molar-refractivity contribution in [2.24, 2.45) is 17.4 Å². The zero-order chi connectivity index (χ0) is 18.0. The minimum Gasteiger partial charge on any atom is -0.462 e. The van der Waals surface area contributed by atoms with Crippen molar-refractivity contribution >= 4 is 11.9 Å². The Balaban J connectivity index is 1.99. The maximum Gasteiger partial charge on any atom is 0.323 e. The molecule has 1 aromatic heterocycles. The van der Waals surface area contributed by atoms with Crippen LogP contribution in [-0.2, 0) is 14.3 Å². The van der Waals surface area contributed by atoms with E-state index in [2.05, 4.69) is 10.1 Å². The van der Waals surface area contributed by atoms with Gasteiger partial charge in [0.25, 0.3) is 5.91 Å². The first-order chi connectivity index (χ1) is 11.2. The SMILES string of the molecule is CC(C)C(N)C(=O)OCC1OC(n2cnc(C(N)=O)n2)C(O)C1O. The summed E-state index contributed by atoms with van der Waals surface area (Å²) in [7, 11) is 0. The van der Waals surface area contributed by atoms with Gasteiger partial charge in [-0.05, 0) is 5.92 Å². The highest BCUT2D eigenvalue weighted by Gasteiger charge is 2.45. The van der Waals surface area contributed by atoms with Gasteiger partial charge in [-0.25, -0.2) is 9.67 Å². The van der Waals surface area contributed by atoms with Gasteiger partial charge in [-0.2, -0.15) is 0 Å². The van der Waals surface area contributed by atoms with Crippen molar-refractivity contribution in [2.75, 3.05) is 6.61 Å². The fourth-order valence-electron chi connectivity index (χ4n) is 2.13. The third-order valence-electron chi connectivity index (χ3n) is 3.71. The van der Waals surface area contributed by atoms with E-state index >= 15 is 0 Å². The number of carbonyl (C=O) groups is 2. The van der Waals surface area contributed by atoms with Gasteiger partial charge in [0.1, 0.15) is 37.3 Å². The summed E-state index contributed by atoms with van der Waals surface area (Å²) < 4.78 is 11.5. The van der Waals surface area contributed by atoms with Crippen LogP contribution in [0.15, 0.2) is 6.33 Å². The summed E-state index contributed by atoms with van der Waals surface area (Å²) >= 11 is 0. The number of nitrogens with two attached hydrogens (primary N) is 2. The Labute approximate surface area is 137 Å². The number of hydrogen-bond acceptors (Lipinski definition) is 9. The number of esters is 1. The number of rotatable bonds is 6. The maximum absolute atomic E-state index is 11.7. The normalized spacial score (nSPS) is 28.1. The molecule has 0 aromatic carbocycles. The van der Waals surface area contributed by atoms with Crippen LogP contribution < -0.4 is 11.5 Å². The molecule has 1 amide bonds. The van der Waals surface area contributed by atoms with Crippen LogP contribution >= 0.6 is 0 Å². The fourth-order valence-corrected chi connectivity index (χ4v) is 2.13. The second kappa shape index (κ2) is 7.21. The van der Waals surface area contributed by atoms with Crippen LogP contribution in [0.1, 0.15) is 30.7 Å². The molecular weight excluding hydrogens is 322 g/mol. The van der Waals surface area contributed by atoms with E-state index in [0.29, 0.717) is 0 Å². The predicted molar refractivity (Wildman–Crippen MR) is 78.2 cm³/mol. The number of nitrogens with zero attached hydrogens (tertiary/aromatic N) is 3. The number of hydrogen-bond donors (Lipinski definition) is 4. The number of aromatic nitrogens is 3. The van der Waals surface area contributed by atoms with Crippen molar-refractivity contribution in [3.63, 3.8) is 0 Å². The van der Waals surface area contributed by atoms with E-state index in [4.69, 9.17) is 20.9 Å². The third kappa shape index (κ3) is 3.70. The van der Waals surface area contributed by atoms with E-state index in [-0.39, 0.29) is 18.3 Å². The summed E-state index contributed by atoms with van der Waals surface area (Å²) in [4.78, 5) is 26.4. The van der Waals surface area contributed by atoms with Gasteiger partial charge in [-0.15, -0.1) is 5.10 Å². The second-order valence-corrected chi connectivity index (χ2v) is 5.86. The highest BCUT2D eigenvalue weighted by atomic mass is 16.6. The van der Waals surface area contributed by atoms with Crippen molar-refractivity contribution in [3.05, 3.63) is 12.2 Å². The van der Waals surface area contributed by atoms with Gasteiger partial charge in [0.2, 0.25) is 5.82 Å². The van der Waals surface area contributed by atoms with Crippen LogP contribution in [0, 0.1) is 5.92 Å². The predicted octanol–water partition coefficient (Wildman–Crippen LogP) is -2.48. The highest BCUT2D eigenvalue weighted by molar-refractivity contribution is 5.88. The van der Waals surface area contributed by atoms with Crippen LogP contribution in [-0.4, -0.2) is 67.8 Å². The molecular formula is C13H21N5O6. The van der Waals surface area contributed by atoms with Crippen molar-refractivity contribution in [3.8, 4) is 0 Å². The molecule has 1 fully saturated rings. The Kier molecular flexibility index (Phi) is 5.49. The smallest absolute Gasteiger partial charge is 0.323 e. The van der Waals surface area contributed by atoms with Gasteiger partial charge in [0, 0.05) is 0 Å². The molecule has 5 unspecified atom stereocenters. The lowest BCUT2D eigenvalue weighted by atomic mass is 10.1. The quantitative estimate of drug-likeness (QED) is 0.407. The summed E-state index contributed by atoms with van der Waals surface area (Å²) in [6.07, 6.45) is -3.60. The molecule has 1 aromatic rings. The number of aliphatic hydroxyl groups excluding tert-OH is 2. The minimum atomic E-state index is -1.35. The molecule has 0 bridgehead atoms. The minimum absolute atomic E-state index is 0.104. The van der Waals surface area contributed by atoms with Crippen molar-refractivity contribution in [2.45, 2.75) is 44.4 Å². The molecule has 1 aliphatic heterocycles. The summed E-state index contributed by atoms with van der Waals surface area (Å²) in [5.74, 6) is -1.82. The molecule has 6 N–H and O–H groups in total. The summed E-state index contributed by atoms with van der Waals surface area (Å²) in [5, 5.41) is 23.8. The molecule has 0 spiro atoms. The Bertz CT molecular complexity index is 605. The van der Waals surface area contributed by atoms with Gasteiger partial charge in [0.15, 0.2) is 6.23 Å². The van der Waals surface area contributed by atoms with Crippen molar-refractivity contribution in [1.29, 1.82) is 0 Å². The van der Waals surface area contributed by atoms with E-state index < -0.39 is 42.5 Å². The molecule has 24 heavy (non-hydrogen) atoms. The van der Waals surface area contributed by atoms with E-state index in [1.165, 1.54) is 0 Å². The van der Waals surface area contributed by atoms with Crippen molar-refractivity contribution < 1.29 is 29.3 Å². The molecule has 5 atom stereocenters. The number of primary amides is 1. The monoisotopic (exact) mass is 343 g/mol. The Morgan fingerprint density at radius 1 is 1.42 bits per heavy atom. The lowest BCUT2D eigenvalue weighted by Crippen LogP contribution is -2.40.